The van der Waals surface area contributed by atoms with Gasteiger partial charge in [0.15, 0.2) is 0 Å². The van der Waals surface area contributed by atoms with Gasteiger partial charge >= 0.3 is 6.18 Å². The number of nitrogens with one attached hydrogen (secondary N) is 1. The molecule has 1 amide bonds. The SMILES string of the molecule is O=C(Cn1ncc(=O)c2ccccc21)Nc1cc(C(F)(F)F)ccc1N1CCCC1. The summed E-state index contributed by atoms with van der Waals surface area (Å²) in [6, 6.07) is 10.1. The molecule has 1 fully saturated rings. The molecule has 4 rings (SSSR count). The molecule has 0 atom stereocenters. The van der Waals surface area contributed by atoms with Crippen molar-refractivity contribution in [3.8, 4) is 0 Å². The highest BCUT2D eigenvalue weighted by Crippen LogP contribution is 2.36. The lowest BCUT2D eigenvalue weighted by Gasteiger charge is -2.23. The van der Waals surface area contributed by atoms with Crippen LogP contribution in [0, 0.1) is 0 Å². The van der Waals surface area contributed by atoms with Crippen LogP contribution < -0.4 is 15.6 Å². The largest absolute Gasteiger partial charge is 0.416 e. The zero-order valence-corrected chi connectivity index (χ0v) is 15.9. The van der Waals surface area contributed by atoms with E-state index in [1.54, 1.807) is 24.3 Å². The van der Waals surface area contributed by atoms with Gasteiger partial charge in [-0.05, 0) is 43.2 Å². The van der Waals surface area contributed by atoms with Gasteiger partial charge in [-0.2, -0.15) is 18.3 Å². The number of para-hydroxylation sites is 1. The van der Waals surface area contributed by atoms with Gasteiger partial charge in [0.2, 0.25) is 11.3 Å². The highest BCUT2D eigenvalue weighted by molar-refractivity contribution is 5.95. The molecule has 2 heterocycles. The van der Waals surface area contributed by atoms with Crippen molar-refractivity contribution in [1.82, 2.24) is 9.78 Å². The van der Waals surface area contributed by atoms with Crippen LogP contribution in [0.3, 0.4) is 0 Å². The first-order valence-electron chi connectivity index (χ1n) is 9.54. The molecule has 1 aromatic heterocycles. The first kappa shape index (κ1) is 19.9. The maximum Gasteiger partial charge on any atom is 0.416 e. The topological polar surface area (TPSA) is 67.2 Å². The van der Waals surface area contributed by atoms with E-state index in [1.165, 1.54) is 10.7 Å². The second kappa shape index (κ2) is 7.81. The van der Waals surface area contributed by atoms with E-state index in [0.717, 1.165) is 44.3 Å². The van der Waals surface area contributed by atoms with Gasteiger partial charge < -0.3 is 10.2 Å². The Labute approximate surface area is 169 Å². The fourth-order valence-electron chi connectivity index (χ4n) is 3.66. The molecule has 1 N–H and O–H groups in total. The number of nitrogens with zero attached hydrogens (tertiary/aromatic N) is 3. The molecule has 1 aliphatic heterocycles. The summed E-state index contributed by atoms with van der Waals surface area (Å²) >= 11 is 0. The van der Waals surface area contributed by atoms with E-state index < -0.39 is 17.6 Å². The lowest BCUT2D eigenvalue weighted by atomic mass is 10.1. The van der Waals surface area contributed by atoms with Crippen molar-refractivity contribution < 1.29 is 18.0 Å². The molecule has 2 aromatic carbocycles. The van der Waals surface area contributed by atoms with Crippen LogP contribution in [0.5, 0.6) is 0 Å². The quantitative estimate of drug-likeness (QED) is 0.705. The van der Waals surface area contributed by atoms with Gasteiger partial charge in [-0.1, -0.05) is 12.1 Å². The average molecular weight is 416 g/mol. The number of amides is 1. The monoisotopic (exact) mass is 416 g/mol. The van der Waals surface area contributed by atoms with Crippen molar-refractivity contribution in [2.24, 2.45) is 0 Å². The highest BCUT2D eigenvalue weighted by atomic mass is 19.4. The second-order valence-electron chi connectivity index (χ2n) is 7.16. The van der Waals surface area contributed by atoms with Crippen LogP contribution >= 0.6 is 0 Å². The summed E-state index contributed by atoms with van der Waals surface area (Å²) in [6.45, 7) is 1.21. The summed E-state index contributed by atoms with van der Waals surface area (Å²) in [5.41, 5.74) is 0.0572. The number of alkyl halides is 3. The third-order valence-corrected chi connectivity index (χ3v) is 5.10. The molecule has 0 bridgehead atoms. The molecule has 0 spiro atoms. The number of hydrogen-bond acceptors (Lipinski definition) is 4. The first-order valence-corrected chi connectivity index (χ1v) is 9.54. The molecule has 156 valence electrons. The maximum atomic E-state index is 13.2. The Kier molecular flexibility index (Phi) is 5.19. The molecular formula is C21H19F3N4O2. The van der Waals surface area contributed by atoms with Crippen LogP contribution in [0.25, 0.3) is 10.9 Å². The third-order valence-electron chi connectivity index (χ3n) is 5.10. The number of halogens is 3. The van der Waals surface area contributed by atoms with E-state index in [-0.39, 0.29) is 17.7 Å². The first-order chi connectivity index (χ1) is 14.3. The number of anilines is 2. The molecule has 1 saturated heterocycles. The number of rotatable bonds is 4. The number of aromatic nitrogens is 2. The van der Waals surface area contributed by atoms with E-state index in [4.69, 9.17) is 0 Å². The molecule has 3 aromatic rings. The predicted octanol–water partition coefficient (Wildman–Crippen LogP) is 3.65. The Morgan fingerprint density at radius 1 is 1.10 bits per heavy atom. The molecule has 9 heteroatoms. The van der Waals surface area contributed by atoms with Crippen molar-refractivity contribution in [2.75, 3.05) is 23.3 Å². The third kappa shape index (κ3) is 4.00. The van der Waals surface area contributed by atoms with Gasteiger partial charge in [0.05, 0.1) is 28.7 Å². The number of hydrogen-bond donors (Lipinski definition) is 1. The Morgan fingerprint density at radius 3 is 2.57 bits per heavy atom. The van der Waals surface area contributed by atoms with Gasteiger partial charge in [-0.15, -0.1) is 0 Å². The van der Waals surface area contributed by atoms with Crippen molar-refractivity contribution >= 4 is 28.2 Å². The van der Waals surface area contributed by atoms with E-state index in [9.17, 15) is 22.8 Å². The molecule has 1 aliphatic rings. The molecule has 0 saturated carbocycles. The minimum atomic E-state index is -4.51. The number of benzene rings is 2. The lowest BCUT2D eigenvalue weighted by Crippen LogP contribution is -2.25. The van der Waals surface area contributed by atoms with Crippen molar-refractivity contribution in [2.45, 2.75) is 25.6 Å². The van der Waals surface area contributed by atoms with Crippen LogP contribution in [0.2, 0.25) is 0 Å². The fraction of sp³-hybridized carbons (Fsp3) is 0.286. The predicted molar refractivity (Wildman–Crippen MR) is 108 cm³/mol. The average Bonchev–Trinajstić information content (AvgIpc) is 3.24. The zero-order valence-electron chi connectivity index (χ0n) is 15.9. The normalized spacial score (nSPS) is 14.3. The van der Waals surface area contributed by atoms with Crippen molar-refractivity contribution in [3.63, 3.8) is 0 Å². The molecule has 30 heavy (non-hydrogen) atoms. The fourth-order valence-corrected chi connectivity index (χ4v) is 3.66. The minimum Gasteiger partial charge on any atom is -0.370 e. The number of carbonyl (C=O) groups excluding carboxylic acids is 1. The van der Waals surface area contributed by atoms with Gasteiger partial charge in [0, 0.05) is 18.5 Å². The Balaban J connectivity index is 1.64. The standard InChI is InChI=1S/C21H19F3N4O2/c22-21(23,24)14-7-8-18(27-9-3-4-10-27)16(11-14)26-20(30)13-28-17-6-2-1-5-15(17)19(29)12-25-28/h1-2,5-8,11-12H,3-4,9-10,13H2,(H,26,30). The van der Waals surface area contributed by atoms with E-state index in [2.05, 4.69) is 10.4 Å². The zero-order chi connectivity index (χ0) is 21.3. The van der Waals surface area contributed by atoms with Crippen molar-refractivity contribution in [3.05, 3.63) is 64.4 Å². The Bertz CT molecular complexity index is 1150. The van der Waals surface area contributed by atoms with Gasteiger partial charge in [-0.25, -0.2) is 0 Å². The van der Waals surface area contributed by atoms with Crippen LogP contribution in [0.15, 0.2) is 53.5 Å². The Morgan fingerprint density at radius 2 is 1.83 bits per heavy atom. The summed E-state index contributed by atoms with van der Waals surface area (Å²) in [6.07, 6.45) is -1.50. The minimum absolute atomic E-state index is 0.113. The maximum absolute atomic E-state index is 13.2. The van der Waals surface area contributed by atoms with Crippen LogP contribution in [-0.4, -0.2) is 28.8 Å². The van der Waals surface area contributed by atoms with E-state index in [0.29, 0.717) is 16.6 Å². The molecule has 0 unspecified atom stereocenters. The summed E-state index contributed by atoms with van der Waals surface area (Å²) < 4.78 is 41.0. The van der Waals surface area contributed by atoms with E-state index in [1.807, 2.05) is 4.90 Å². The molecule has 6 nitrogen and oxygen atoms in total. The van der Waals surface area contributed by atoms with Gasteiger partial charge in [-0.3, -0.25) is 14.3 Å². The van der Waals surface area contributed by atoms with E-state index >= 15 is 0 Å². The van der Waals surface area contributed by atoms with Gasteiger partial charge in [0.25, 0.3) is 0 Å². The van der Waals surface area contributed by atoms with Crippen LogP contribution in [0.1, 0.15) is 18.4 Å². The smallest absolute Gasteiger partial charge is 0.370 e. The highest BCUT2D eigenvalue weighted by Gasteiger charge is 2.32. The summed E-state index contributed by atoms with van der Waals surface area (Å²) in [7, 11) is 0. The second-order valence-corrected chi connectivity index (χ2v) is 7.16. The number of fused-ring (bicyclic) bond motifs is 1. The Hall–Kier alpha value is -3.36. The summed E-state index contributed by atoms with van der Waals surface area (Å²) in [5, 5.41) is 7.02. The van der Waals surface area contributed by atoms with Crippen molar-refractivity contribution in [1.29, 1.82) is 0 Å². The summed E-state index contributed by atoms with van der Waals surface area (Å²) in [5.74, 6) is -0.531. The molecular weight excluding hydrogens is 397 g/mol. The van der Waals surface area contributed by atoms with Crippen LogP contribution in [-0.2, 0) is 17.5 Å². The van der Waals surface area contributed by atoms with Gasteiger partial charge in [0.1, 0.15) is 6.54 Å². The summed E-state index contributed by atoms with van der Waals surface area (Å²) in [4.78, 5) is 26.6. The molecule has 0 aliphatic carbocycles. The lowest BCUT2D eigenvalue weighted by molar-refractivity contribution is -0.137. The molecule has 0 radical (unpaired) electrons. The number of carbonyl (C=O) groups is 1. The van der Waals surface area contributed by atoms with Crippen LogP contribution in [0.4, 0.5) is 24.5 Å².